The molecule has 1 saturated heterocycles. The van der Waals surface area contributed by atoms with Gasteiger partial charge in [0.1, 0.15) is 5.75 Å². The van der Waals surface area contributed by atoms with Crippen LogP contribution in [0, 0.1) is 0 Å². The van der Waals surface area contributed by atoms with Crippen LogP contribution in [-0.2, 0) is 4.79 Å². The van der Waals surface area contributed by atoms with Crippen LogP contribution in [0.25, 0.3) is 22.0 Å². The van der Waals surface area contributed by atoms with Crippen LogP contribution in [0.1, 0.15) is 11.5 Å². The summed E-state index contributed by atoms with van der Waals surface area (Å²) in [6.45, 7) is 4.46. The van der Waals surface area contributed by atoms with Crippen LogP contribution in [0.5, 0.6) is 5.75 Å². The van der Waals surface area contributed by atoms with Crippen LogP contribution >= 0.6 is 0 Å². The predicted molar refractivity (Wildman–Crippen MR) is 132 cm³/mol. The molecule has 3 aromatic heterocycles. The highest BCUT2D eigenvalue weighted by Gasteiger charge is 2.27. The Labute approximate surface area is 198 Å². The molecule has 0 bridgehead atoms. The first kappa shape index (κ1) is 22.1. The number of para-hydroxylation sites is 1. The van der Waals surface area contributed by atoms with Crippen LogP contribution in [-0.4, -0.2) is 82.8 Å². The van der Waals surface area contributed by atoms with Gasteiger partial charge in [0.05, 0.1) is 36.6 Å². The number of fused-ring (bicyclic) bond motifs is 1. The van der Waals surface area contributed by atoms with Crippen molar-refractivity contribution in [1.82, 2.24) is 30.0 Å². The van der Waals surface area contributed by atoms with Gasteiger partial charge in [0.25, 0.3) is 0 Å². The van der Waals surface area contributed by atoms with Gasteiger partial charge >= 0.3 is 0 Å². The number of H-pyrrole nitrogens is 2. The van der Waals surface area contributed by atoms with Gasteiger partial charge in [-0.05, 0) is 24.7 Å². The van der Waals surface area contributed by atoms with E-state index in [1.54, 1.807) is 25.7 Å². The maximum absolute atomic E-state index is 13.7. The summed E-state index contributed by atoms with van der Waals surface area (Å²) in [6, 6.07) is 7.82. The summed E-state index contributed by atoms with van der Waals surface area (Å²) in [6.07, 6.45) is 9.00. The normalized spacial score (nSPS) is 15.9. The third kappa shape index (κ3) is 4.52. The molecule has 0 unspecified atom stereocenters. The van der Waals surface area contributed by atoms with Crippen molar-refractivity contribution in [2.24, 2.45) is 0 Å². The van der Waals surface area contributed by atoms with Gasteiger partial charge in [-0.2, -0.15) is 5.10 Å². The fraction of sp³-hybridized carbons (Fsp3) is 0.320. The summed E-state index contributed by atoms with van der Waals surface area (Å²) in [5, 5.41) is 11.1. The molecule has 3 N–H and O–H groups in total. The number of benzene rings is 1. The standard InChI is InChI=1S/C25H29N7O2/c1-31-6-8-32(9-7-31)16-22(17-10-19(34-2)14-26-11-17)25(33)30-23-5-3-4-20-21(15-27-24(20)23)18-12-28-29-13-18/h3-5,10-15,22,27H,6-9,16H2,1-2H3,(H,28,29)(H,30,33)/t22-/m0/s1. The molecule has 0 spiro atoms. The highest BCUT2D eigenvalue weighted by molar-refractivity contribution is 6.07. The number of hydrogen-bond acceptors (Lipinski definition) is 6. The van der Waals surface area contributed by atoms with Crippen LogP contribution in [0.2, 0.25) is 0 Å². The molecule has 4 heterocycles. The maximum atomic E-state index is 13.7. The number of carbonyl (C=O) groups is 1. The van der Waals surface area contributed by atoms with Crippen molar-refractivity contribution in [1.29, 1.82) is 0 Å². The average molecular weight is 460 g/mol. The summed E-state index contributed by atoms with van der Waals surface area (Å²) >= 11 is 0. The number of nitrogens with zero attached hydrogens (tertiary/aromatic N) is 4. The van der Waals surface area contributed by atoms with Gasteiger partial charge in [-0.25, -0.2) is 0 Å². The monoisotopic (exact) mass is 459 g/mol. The number of anilines is 1. The molecule has 176 valence electrons. The Morgan fingerprint density at radius 2 is 2.03 bits per heavy atom. The van der Waals surface area contributed by atoms with E-state index in [2.05, 4.69) is 42.3 Å². The number of hydrogen-bond donors (Lipinski definition) is 3. The Hall–Kier alpha value is -3.69. The summed E-state index contributed by atoms with van der Waals surface area (Å²) < 4.78 is 5.38. The first-order chi connectivity index (χ1) is 16.6. The lowest BCUT2D eigenvalue weighted by Crippen LogP contribution is -2.47. The number of ether oxygens (including phenoxy) is 1. The third-order valence-corrected chi connectivity index (χ3v) is 6.51. The molecule has 1 aliphatic heterocycles. The van der Waals surface area contributed by atoms with Gasteiger partial charge in [-0.15, -0.1) is 0 Å². The zero-order chi connectivity index (χ0) is 23.5. The molecule has 1 aromatic carbocycles. The highest BCUT2D eigenvalue weighted by atomic mass is 16.5. The fourth-order valence-corrected chi connectivity index (χ4v) is 4.48. The number of pyridine rings is 1. The van der Waals surface area contributed by atoms with E-state index in [0.29, 0.717) is 12.3 Å². The van der Waals surface area contributed by atoms with Crippen molar-refractivity contribution in [3.8, 4) is 16.9 Å². The van der Waals surface area contributed by atoms with E-state index in [1.165, 1.54) is 0 Å². The van der Waals surface area contributed by atoms with E-state index in [0.717, 1.165) is 59.5 Å². The van der Waals surface area contributed by atoms with Crippen LogP contribution in [0.3, 0.4) is 0 Å². The molecule has 0 radical (unpaired) electrons. The Morgan fingerprint density at radius 1 is 1.18 bits per heavy atom. The molecular formula is C25H29N7O2. The van der Waals surface area contributed by atoms with E-state index in [9.17, 15) is 4.79 Å². The fourth-order valence-electron chi connectivity index (χ4n) is 4.48. The Bertz CT molecular complexity index is 1260. The van der Waals surface area contributed by atoms with E-state index in [1.807, 2.05) is 36.7 Å². The van der Waals surface area contributed by atoms with Crippen LogP contribution in [0.15, 0.2) is 55.2 Å². The van der Waals surface area contributed by atoms with E-state index in [-0.39, 0.29) is 11.8 Å². The quantitative estimate of drug-likeness (QED) is 0.393. The summed E-state index contributed by atoms with van der Waals surface area (Å²) in [4.78, 5) is 26.0. The van der Waals surface area contributed by atoms with Crippen molar-refractivity contribution in [2.75, 3.05) is 52.2 Å². The largest absolute Gasteiger partial charge is 0.495 e. The molecule has 0 aliphatic carbocycles. The second-order valence-electron chi connectivity index (χ2n) is 8.72. The molecule has 1 fully saturated rings. The van der Waals surface area contributed by atoms with Crippen molar-refractivity contribution in [3.05, 3.63) is 60.8 Å². The van der Waals surface area contributed by atoms with Gasteiger partial charge in [0, 0.05) is 67.8 Å². The lowest BCUT2D eigenvalue weighted by atomic mass is 9.98. The highest BCUT2D eigenvalue weighted by Crippen LogP contribution is 2.32. The molecule has 1 aliphatic rings. The Morgan fingerprint density at radius 3 is 2.79 bits per heavy atom. The predicted octanol–water partition coefficient (Wildman–Crippen LogP) is 2.93. The van der Waals surface area contributed by atoms with Gasteiger partial charge in [-0.1, -0.05) is 12.1 Å². The van der Waals surface area contributed by atoms with Crippen molar-refractivity contribution in [3.63, 3.8) is 0 Å². The third-order valence-electron chi connectivity index (χ3n) is 6.51. The minimum absolute atomic E-state index is 0.0686. The smallest absolute Gasteiger partial charge is 0.233 e. The van der Waals surface area contributed by atoms with E-state index >= 15 is 0 Å². The number of aromatic amines is 2. The van der Waals surface area contributed by atoms with Gasteiger partial charge in [0.15, 0.2) is 0 Å². The first-order valence-corrected chi connectivity index (χ1v) is 11.4. The van der Waals surface area contributed by atoms with Crippen molar-refractivity contribution in [2.45, 2.75) is 5.92 Å². The molecule has 4 aromatic rings. The Balaban J connectivity index is 1.43. The number of methoxy groups -OCH3 is 1. The zero-order valence-electron chi connectivity index (χ0n) is 19.4. The van der Waals surface area contributed by atoms with Gasteiger partial charge in [-0.3, -0.25) is 19.8 Å². The van der Waals surface area contributed by atoms with Crippen LogP contribution < -0.4 is 10.1 Å². The molecule has 1 amide bonds. The molecule has 9 heteroatoms. The number of likely N-dealkylation sites (N-methyl/N-ethyl adjacent to an activating group) is 1. The summed E-state index contributed by atoms with van der Waals surface area (Å²) in [5.74, 6) is 0.190. The van der Waals surface area contributed by atoms with E-state index in [4.69, 9.17) is 4.74 Å². The number of aromatic nitrogens is 4. The number of amides is 1. The van der Waals surface area contributed by atoms with Crippen molar-refractivity contribution < 1.29 is 9.53 Å². The molecule has 9 nitrogen and oxygen atoms in total. The molecule has 1 atom stereocenters. The second-order valence-corrected chi connectivity index (χ2v) is 8.72. The molecule has 5 rings (SSSR count). The molecular weight excluding hydrogens is 430 g/mol. The second kappa shape index (κ2) is 9.66. The maximum Gasteiger partial charge on any atom is 0.233 e. The lowest BCUT2D eigenvalue weighted by Gasteiger charge is -2.34. The SMILES string of the molecule is COc1cncc([C@H](CN2CCN(C)CC2)C(=O)Nc2cccc3c(-c4cn[nH]c4)c[nH]c23)c1. The number of carbonyl (C=O) groups excluding carboxylic acids is 1. The number of nitrogens with one attached hydrogen (secondary N) is 3. The topological polar surface area (TPSA) is 102 Å². The van der Waals surface area contributed by atoms with Crippen LogP contribution in [0.4, 0.5) is 5.69 Å². The van der Waals surface area contributed by atoms with Gasteiger partial charge < -0.3 is 19.9 Å². The summed E-state index contributed by atoms with van der Waals surface area (Å²) in [5.41, 5.74) is 4.50. The first-order valence-electron chi connectivity index (χ1n) is 11.4. The summed E-state index contributed by atoms with van der Waals surface area (Å²) in [7, 11) is 3.74. The number of rotatable bonds is 7. The lowest BCUT2D eigenvalue weighted by molar-refractivity contribution is -0.118. The minimum Gasteiger partial charge on any atom is -0.495 e. The Kier molecular flexibility index (Phi) is 6.29. The minimum atomic E-state index is -0.385. The van der Waals surface area contributed by atoms with Gasteiger partial charge in [0.2, 0.25) is 5.91 Å². The van der Waals surface area contributed by atoms with E-state index < -0.39 is 0 Å². The number of piperazine rings is 1. The molecule has 34 heavy (non-hydrogen) atoms. The average Bonchev–Trinajstić information content (AvgIpc) is 3.54. The van der Waals surface area contributed by atoms with Crippen molar-refractivity contribution >= 4 is 22.5 Å². The molecule has 0 saturated carbocycles. The zero-order valence-corrected chi connectivity index (χ0v) is 19.4.